The number of methoxy groups -OCH3 is 1. The van der Waals surface area contributed by atoms with Crippen molar-refractivity contribution < 1.29 is 4.74 Å². The number of hydrogen-bond acceptors (Lipinski definition) is 4. The van der Waals surface area contributed by atoms with E-state index in [2.05, 4.69) is 44.8 Å². The number of hydrogen-bond donors (Lipinski definition) is 1. The molecule has 0 aliphatic heterocycles. The number of ether oxygens (including phenoxy) is 1. The lowest BCUT2D eigenvalue weighted by atomic mass is 10.2. The van der Waals surface area contributed by atoms with Crippen LogP contribution in [-0.4, -0.2) is 23.6 Å². The standard InChI is InChI=1S/C14H16IN3O/c1-3-16-14-12(15)11(9-19-2)17-13(18-14)10-7-5-4-6-8-10/h4-8H,3,9H2,1-2H3,(H,16,17,18). The monoisotopic (exact) mass is 369 g/mol. The number of nitrogens with one attached hydrogen (secondary N) is 1. The van der Waals surface area contributed by atoms with Crippen molar-refractivity contribution in [3.63, 3.8) is 0 Å². The van der Waals surface area contributed by atoms with E-state index < -0.39 is 0 Å². The molecule has 0 aliphatic carbocycles. The normalized spacial score (nSPS) is 10.5. The molecule has 0 amide bonds. The summed E-state index contributed by atoms with van der Waals surface area (Å²) >= 11 is 2.26. The van der Waals surface area contributed by atoms with Crippen LogP contribution in [0.4, 0.5) is 5.82 Å². The summed E-state index contributed by atoms with van der Waals surface area (Å²) < 4.78 is 6.22. The molecule has 0 saturated carbocycles. The molecule has 0 saturated heterocycles. The molecule has 0 radical (unpaired) electrons. The quantitative estimate of drug-likeness (QED) is 0.822. The van der Waals surface area contributed by atoms with E-state index in [9.17, 15) is 0 Å². The Morgan fingerprint density at radius 1 is 1.21 bits per heavy atom. The van der Waals surface area contributed by atoms with Gasteiger partial charge < -0.3 is 10.1 Å². The SMILES string of the molecule is CCNc1nc(-c2ccccc2)nc(COC)c1I. The highest BCUT2D eigenvalue weighted by molar-refractivity contribution is 14.1. The zero-order chi connectivity index (χ0) is 13.7. The van der Waals surface area contributed by atoms with Crippen LogP contribution in [-0.2, 0) is 11.3 Å². The Bertz CT molecular complexity index is 519. The summed E-state index contributed by atoms with van der Waals surface area (Å²) in [6, 6.07) is 9.97. The first kappa shape index (κ1) is 14.2. The molecule has 1 heterocycles. The minimum Gasteiger partial charge on any atom is -0.378 e. The van der Waals surface area contributed by atoms with E-state index in [-0.39, 0.29) is 0 Å². The molecule has 0 unspecified atom stereocenters. The first-order valence-electron chi connectivity index (χ1n) is 6.11. The van der Waals surface area contributed by atoms with Crippen LogP contribution >= 0.6 is 22.6 Å². The molecule has 100 valence electrons. The highest BCUT2D eigenvalue weighted by Gasteiger charge is 2.12. The fourth-order valence-corrected chi connectivity index (χ4v) is 2.31. The second kappa shape index (κ2) is 6.81. The van der Waals surface area contributed by atoms with Crippen molar-refractivity contribution in [1.29, 1.82) is 0 Å². The fraction of sp³-hybridized carbons (Fsp3) is 0.286. The molecule has 1 aromatic heterocycles. The summed E-state index contributed by atoms with van der Waals surface area (Å²) in [6.45, 7) is 3.36. The third kappa shape index (κ3) is 3.42. The Morgan fingerprint density at radius 3 is 2.58 bits per heavy atom. The van der Waals surface area contributed by atoms with Gasteiger partial charge >= 0.3 is 0 Å². The summed E-state index contributed by atoms with van der Waals surface area (Å²) in [5, 5.41) is 3.27. The number of rotatable bonds is 5. The van der Waals surface area contributed by atoms with Gasteiger partial charge in [-0.1, -0.05) is 30.3 Å². The fourth-order valence-electron chi connectivity index (χ4n) is 1.73. The highest BCUT2D eigenvalue weighted by Crippen LogP contribution is 2.24. The molecule has 4 nitrogen and oxygen atoms in total. The topological polar surface area (TPSA) is 47.0 Å². The molecule has 2 aromatic rings. The van der Waals surface area contributed by atoms with Gasteiger partial charge in [0.2, 0.25) is 0 Å². The smallest absolute Gasteiger partial charge is 0.161 e. The predicted molar refractivity (Wildman–Crippen MR) is 85.1 cm³/mol. The zero-order valence-corrected chi connectivity index (χ0v) is 13.1. The van der Waals surface area contributed by atoms with Crippen molar-refractivity contribution in [3.8, 4) is 11.4 Å². The second-order valence-electron chi connectivity index (χ2n) is 3.99. The predicted octanol–water partition coefficient (Wildman–Crippen LogP) is 3.33. The molecule has 19 heavy (non-hydrogen) atoms. The molecular formula is C14H16IN3O. The second-order valence-corrected chi connectivity index (χ2v) is 5.06. The van der Waals surface area contributed by atoms with Gasteiger partial charge in [0.05, 0.1) is 15.9 Å². The van der Waals surface area contributed by atoms with E-state index >= 15 is 0 Å². The van der Waals surface area contributed by atoms with Gasteiger partial charge in [0.1, 0.15) is 5.82 Å². The van der Waals surface area contributed by atoms with E-state index in [0.29, 0.717) is 6.61 Å². The summed E-state index contributed by atoms with van der Waals surface area (Å²) in [4.78, 5) is 9.18. The number of benzene rings is 1. The molecule has 0 aliphatic rings. The van der Waals surface area contributed by atoms with Gasteiger partial charge in [0.15, 0.2) is 5.82 Å². The first-order valence-corrected chi connectivity index (χ1v) is 7.18. The summed E-state index contributed by atoms with van der Waals surface area (Å²) in [6.07, 6.45) is 0. The summed E-state index contributed by atoms with van der Waals surface area (Å²) in [5.41, 5.74) is 1.92. The number of anilines is 1. The Hall–Kier alpha value is -1.21. The van der Waals surface area contributed by atoms with Crippen molar-refractivity contribution >= 4 is 28.4 Å². The molecule has 0 atom stereocenters. The zero-order valence-electron chi connectivity index (χ0n) is 11.0. The lowest BCUT2D eigenvalue weighted by molar-refractivity contribution is 0.181. The van der Waals surface area contributed by atoms with E-state index in [1.807, 2.05) is 30.3 Å². The lowest BCUT2D eigenvalue weighted by Crippen LogP contribution is -2.08. The van der Waals surface area contributed by atoms with Crippen LogP contribution in [0.25, 0.3) is 11.4 Å². The van der Waals surface area contributed by atoms with E-state index in [1.54, 1.807) is 7.11 Å². The van der Waals surface area contributed by atoms with Gasteiger partial charge in [-0.15, -0.1) is 0 Å². The van der Waals surface area contributed by atoms with Gasteiger partial charge in [-0.25, -0.2) is 9.97 Å². The van der Waals surface area contributed by atoms with Crippen LogP contribution in [0, 0.1) is 3.57 Å². The van der Waals surface area contributed by atoms with Crippen LogP contribution in [0.1, 0.15) is 12.6 Å². The van der Waals surface area contributed by atoms with Gasteiger partial charge in [-0.05, 0) is 29.5 Å². The molecule has 0 fully saturated rings. The average Bonchev–Trinajstić information content (AvgIpc) is 2.44. The number of halogens is 1. The van der Waals surface area contributed by atoms with Gasteiger partial charge in [0, 0.05) is 19.2 Å². The van der Waals surface area contributed by atoms with Crippen LogP contribution in [0.5, 0.6) is 0 Å². The summed E-state index contributed by atoms with van der Waals surface area (Å²) in [7, 11) is 1.67. The van der Waals surface area contributed by atoms with Crippen LogP contribution in [0.3, 0.4) is 0 Å². The Labute approximate surface area is 126 Å². The molecular weight excluding hydrogens is 353 g/mol. The Kier molecular flexibility index (Phi) is 5.09. The maximum Gasteiger partial charge on any atom is 0.161 e. The van der Waals surface area contributed by atoms with Gasteiger partial charge in [0.25, 0.3) is 0 Å². The lowest BCUT2D eigenvalue weighted by Gasteiger charge is -2.11. The van der Waals surface area contributed by atoms with Gasteiger partial charge in [-0.3, -0.25) is 0 Å². The van der Waals surface area contributed by atoms with Crippen molar-refractivity contribution in [1.82, 2.24) is 9.97 Å². The maximum atomic E-state index is 5.21. The van der Waals surface area contributed by atoms with Crippen molar-refractivity contribution in [2.45, 2.75) is 13.5 Å². The summed E-state index contributed by atoms with van der Waals surface area (Å²) in [5.74, 6) is 1.59. The van der Waals surface area contributed by atoms with E-state index in [4.69, 9.17) is 4.74 Å². The van der Waals surface area contributed by atoms with E-state index in [1.165, 1.54) is 0 Å². The first-order chi connectivity index (χ1) is 9.26. The average molecular weight is 369 g/mol. The Balaban J connectivity index is 2.49. The third-order valence-electron chi connectivity index (χ3n) is 2.58. The highest BCUT2D eigenvalue weighted by atomic mass is 127. The molecule has 2 rings (SSSR count). The Morgan fingerprint density at radius 2 is 1.95 bits per heavy atom. The molecule has 1 N–H and O–H groups in total. The third-order valence-corrected chi connectivity index (χ3v) is 3.71. The van der Waals surface area contributed by atoms with Crippen LogP contribution in [0.2, 0.25) is 0 Å². The van der Waals surface area contributed by atoms with Crippen molar-refractivity contribution in [2.75, 3.05) is 19.0 Å². The van der Waals surface area contributed by atoms with E-state index in [0.717, 1.165) is 33.0 Å². The molecule has 0 spiro atoms. The van der Waals surface area contributed by atoms with Gasteiger partial charge in [-0.2, -0.15) is 0 Å². The van der Waals surface area contributed by atoms with Crippen molar-refractivity contribution in [3.05, 3.63) is 39.6 Å². The molecule has 5 heteroatoms. The van der Waals surface area contributed by atoms with Crippen LogP contribution in [0.15, 0.2) is 30.3 Å². The van der Waals surface area contributed by atoms with Crippen molar-refractivity contribution in [2.24, 2.45) is 0 Å². The number of aromatic nitrogens is 2. The largest absolute Gasteiger partial charge is 0.378 e. The van der Waals surface area contributed by atoms with Crippen LogP contribution < -0.4 is 5.32 Å². The molecule has 1 aromatic carbocycles. The maximum absolute atomic E-state index is 5.21. The molecule has 0 bridgehead atoms. The minimum atomic E-state index is 0.485. The minimum absolute atomic E-state index is 0.485. The number of nitrogens with zero attached hydrogens (tertiary/aromatic N) is 2.